The number of rotatable bonds is 15. The summed E-state index contributed by atoms with van der Waals surface area (Å²) >= 11 is 0. The SMILES string of the molecule is CCCCOP(=O)(O)OC[C@H]1O[C@@H](n2cc(C)c(=O)[nH]c2=O)C[C@@H]1OP(=O)(O)OCCCCO. The molecule has 0 amide bonds. The second-order valence-electron chi connectivity index (χ2n) is 7.67. The van der Waals surface area contributed by atoms with Crippen LogP contribution in [0.1, 0.15) is 50.8 Å². The van der Waals surface area contributed by atoms with E-state index in [1.807, 2.05) is 6.92 Å². The van der Waals surface area contributed by atoms with Crippen LogP contribution in [0, 0.1) is 6.92 Å². The van der Waals surface area contributed by atoms with E-state index < -0.39 is 51.9 Å². The Kier molecular flexibility index (Phi) is 11.3. The topological polar surface area (TPSA) is 196 Å². The summed E-state index contributed by atoms with van der Waals surface area (Å²) in [4.78, 5) is 46.0. The van der Waals surface area contributed by atoms with Gasteiger partial charge in [0.1, 0.15) is 18.4 Å². The van der Waals surface area contributed by atoms with Gasteiger partial charge >= 0.3 is 21.3 Å². The Hall–Kier alpha value is -1.18. The number of aliphatic hydroxyl groups excluding tert-OH is 1. The molecule has 0 bridgehead atoms. The first-order valence-electron chi connectivity index (χ1n) is 10.8. The molecule has 2 rings (SSSR count). The van der Waals surface area contributed by atoms with Crippen molar-refractivity contribution in [1.82, 2.24) is 9.55 Å². The number of nitrogens with zero attached hydrogens (tertiary/aromatic N) is 1. The lowest BCUT2D eigenvalue weighted by Crippen LogP contribution is -2.33. The van der Waals surface area contributed by atoms with E-state index in [9.17, 15) is 28.5 Å². The van der Waals surface area contributed by atoms with Gasteiger partial charge in [-0.2, -0.15) is 0 Å². The van der Waals surface area contributed by atoms with Gasteiger partial charge in [-0.25, -0.2) is 13.9 Å². The van der Waals surface area contributed by atoms with E-state index >= 15 is 0 Å². The van der Waals surface area contributed by atoms with Crippen molar-refractivity contribution in [3.05, 3.63) is 32.6 Å². The van der Waals surface area contributed by atoms with Crippen LogP contribution in [0.5, 0.6) is 0 Å². The molecule has 0 spiro atoms. The minimum absolute atomic E-state index is 0.00206. The fraction of sp³-hybridized carbons (Fsp3) is 0.778. The monoisotopic (exact) mass is 530 g/mol. The average molecular weight is 530 g/mol. The number of hydrogen-bond acceptors (Lipinski definition) is 10. The number of ether oxygens (including phenoxy) is 1. The van der Waals surface area contributed by atoms with E-state index in [1.54, 1.807) is 0 Å². The first kappa shape index (κ1) is 29.1. The van der Waals surface area contributed by atoms with Crippen molar-refractivity contribution in [2.45, 2.75) is 64.4 Å². The number of aliphatic hydroxyl groups is 1. The van der Waals surface area contributed by atoms with Crippen molar-refractivity contribution in [1.29, 1.82) is 0 Å². The summed E-state index contributed by atoms with van der Waals surface area (Å²) in [7, 11) is -9.01. The summed E-state index contributed by atoms with van der Waals surface area (Å²) in [5.74, 6) is 0. The molecular weight excluding hydrogens is 498 g/mol. The zero-order valence-electron chi connectivity index (χ0n) is 19.0. The third kappa shape index (κ3) is 9.12. The smallest absolute Gasteiger partial charge is 0.396 e. The largest absolute Gasteiger partial charge is 0.472 e. The van der Waals surface area contributed by atoms with Crippen LogP contribution >= 0.6 is 15.6 Å². The first-order valence-corrected chi connectivity index (χ1v) is 13.8. The van der Waals surface area contributed by atoms with Crippen molar-refractivity contribution in [2.75, 3.05) is 26.4 Å². The molecule has 14 nitrogen and oxygen atoms in total. The Labute approximate surface area is 196 Å². The molecule has 5 atom stereocenters. The lowest BCUT2D eigenvalue weighted by Gasteiger charge is -2.22. The van der Waals surface area contributed by atoms with Gasteiger partial charge in [0.15, 0.2) is 0 Å². The zero-order chi connectivity index (χ0) is 25.4. The van der Waals surface area contributed by atoms with Gasteiger partial charge in [-0.05, 0) is 26.2 Å². The van der Waals surface area contributed by atoms with Gasteiger partial charge in [0.25, 0.3) is 5.56 Å². The highest BCUT2D eigenvalue weighted by Gasteiger charge is 2.43. The standard InChI is InChI=1S/C18H32N2O12P2/c1-3-4-8-28-33(24,25)30-12-15-14(32-34(26,27)29-9-6-5-7-21)10-16(31-15)20-11-13(2)17(22)19-18(20)23/h11,14-16,21H,3-10,12H2,1-2H3,(H,24,25)(H,26,27)(H,19,22,23)/t14-,15+,16+/m0/s1. The molecule has 2 unspecified atom stereocenters. The molecular formula is C18H32N2O12P2. The van der Waals surface area contributed by atoms with Gasteiger partial charge < -0.3 is 19.6 Å². The van der Waals surface area contributed by atoms with Crippen LogP contribution in [-0.2, 0) is 32.0 Å². The number of aromatic amines is 1. The van der Waals surface area contributed by atoms with Gasteiger partial charge in [0.05, 0.1) is 19.8 Å². The molecule has 1 aromatic heterocycles. The minimum atomic E-state index is -4.58. The Bertz CT molecular complexity index is 996. The molecule has 1 saturated heterocycles. The number of nitrogens with one attached hydrogen (secondary N) is 1. The first-order chi connectivity index (χ1) is 16.0. The molecule has 0 radical (unpaired) electrons. The van der Waals surface area contributed by atoms with Crippen LogP contribution in [0.3, 0.4) is 0 Å². The van der Waals surface area contributed by atoms with Crippen LogP contribution in [0.2, 0.25) is 0 Å². The molecule has 16 heteroatoms. The fourth-order valence-electron chi connectivity index (χ4n) is 3.06. The van der Waals surface area contributed by atoms with Gasteiger partial charge in [-0.3, -0.25) is 32.4 Å². The van der Waals surface area contributed by atoms with Gasteiger partial charge in [-0.15, -0.1) is 0 Å². The van der Waals surface area contributed by atoms with Gasteiger partial charge in [-0.1, -0.05) is 13.3 Å². The zero-order valence-corrected chi connectivity index (χ0v) is 20.8. The van der Waals surface area contributed by atoms with E-state index in [0.29, 0.717) is 19.3 Å². The molecule has 1 aliphatic heterocycles. The maximum absolute atomic E-state index is 12.4. The molecule has 1 aliphatic rings. The summed E-state index contributed by atoms with van der Waals surface area (Å²) in [5, 5.41) is 8.80. The average Bonchev–Trinajstić information content (AvgIpc) is 3.14. The maximum Gasteiger partial charge on any atom is 0.472 e. The molecule has 1 aromatic rings. The molecule has 0 aromatic carbocycles. The quantitative estimate of drug-likeness (QED) is 0.188. The second kappa shape index (κ2) is 13.2. The van der Waals surface area contributed by atoms with Crippen molar-refractivity contribution in [2.24, 2.45) is 0 Å². The predicted octanol–water partition coefficient (Wildman–Crippen LogP) is 1.34. The number of hydrogen-bond donors (Lipinski definition) is 4. The number of H-pyrrole nitrogens is 1. The predicted molar refractivity (Wildman–Crippen MR) is 118 cm³/mol. The Morgan fingerprint density at radius 3 is 2.47 bits per heavy atom. The van der Waals surface area contributed by atoms with Crippen LogP contribution < -0.4 is 11.2 Å². The van der Waals surface area contributed by atoms with E-state index in [2.05, 4.69) is 4.98 Å². The lowest BCUT2D eigenvalue weighted by atomic mass is 10.2. The Balaban J connectivity index is 2.15. The molecule has 1 fully saturated rings. The molecule has 4 N–H and O–H groups in total. The van der Waals surface area contributed by atoms with Crippen molar-refractivity contribution in [3.63, 3.8) is 0 Å². The number of aromatic nitrogens is 2. The van der Waals surface area contributed by atoms with Crippen LogP contribution in [0.25, 0.3) is 0 Å². The molecule has 196 valence electrons. The summed E-state index contributed by atoms with van der Waals surface area (Å²) in [5.41, 5.74) is -1.12. The lowest BCUT2D eigenvalue weighted by molar-refractivity contribution is -0.0469. The third-order valence-corrected chi connectivity index (χ3v) is 6.90. The van der Waals surface area contributed by atoms with E-state index in [-0.39, 0.29) is 31.8 Å². The number of unbranched alkanes of at least 4 members (excludes halogenated alkanes) is 2. The van der Waals surface area contributed by atoms with Gasteiger partial charge in [0.2, 0.25) is 0 Å². The number of phosphoric acid groups is 2. The normalized spacial score (nSPS) is 24.1. The van der Waals surface area contributed by atoms with Crippen molar-refractivity contribution >= 4 is 15.6 Å². The highest BCUT2D eigenvalue weighted by Crippen LogP contribution is 2.49. The van der Waals surface area contributed by atoms with Gasteiger partial charge in [0, 0.05) is 24.8 Å². The highest BCUT2D eigenvalue weighted by molar-refractivity contribution is 7.47. The van der Waals surface area contributed by atoms with E-state index in [0.717, 1.165) is 11.0 Å². The summed E-state index contributed by atoms with van der Waals surface area (Å²) < 4.78 is 51.2. The summed E-state index contributed by atoms with van der Waals surface area (Å²) in [6, 6.07) is 0. The molecule has 0 saturated carbocycles. The fourth-order valence-corrected chi connectivity index (χ4v) is 4.81. The van der Waals surface area contributed by atoms with E-state index in [1.165, 1.54) is 13.1 Å². The third-order valence-electron chi connectivity index (χ3n) is 4.87. The molecule has 2 heterocycles. The minimum Gasteiger partial charge on any atom is -0.396 e. The highest BCUT2D eigenvalue weighted by atomic mass is 31.2. The second-order valence-corrected chi connectivity index (χ2v) is 10.5. The summed E-state index contributed by atoms with van der Waals surface area (Å²) in [6.45, 7) is 2.55. The van der Waals surface area contributed by atoms with E-state index in [4.69, 9.17) is 27.9 Å². The molecule has 0 aliphatic carbocycles. The van der Waals surface area contributed by atoms with Crippen LogP contribution in [0.4, 0.5) is 0 Å². The Morgan fingerprint density at radius 1 is 1.12 bits per heavy atom. The molecule has 34 heavy (non-hydrogen) atoms. The van der Waals surface area contributed by atoms with Crippen LogP contribution in [-0.4, -0.2) is 63.1 Å². The maximum atomic E-state index is 12.4. The van der Waals surface area contributed by atoms with Crippen molar-refractivity contribution < 1.29 is 46.9 Å². The van der Waals surface area contributed by atoms with Crippen LogP contribution in [0.15, 0.2) is 15.8 Å². The number of phosphoric ester groups is 2. The Morgan fingerprint density at radius 2 is 1.79 bits per heavy atom. The van der Waals surface area contributed by atoms with Crippen molar-refractivity contribution in [3.8, 4) is 0 Å². The number of aryl methyl sites for hydroxylation is 1. The summed E-state index contributed by atoms with van der Waals surface area (Å²) in [6.07, 6.45) is -0.265.